The van der Waals surface area contributed by atoms with Gasteiger partial charge in [-0.3, -0.25) is 4.79 Å². The lowest BCUT2D eigenvalue weighted by molar-refractivity contribution is -0.924. The summed E-state index contributed by atoms with van der Waals surface area (Å²) in [6, 6.07) is 21.8. The third-order valence-electron chi connectivity index (χ3n) is 8.65. The van der Waals surface area contributed by atoms with E-state index < -0.39 is 0 Å². The van der Waals surface area contributed by atoms with Crippen LogP contribution >= 0.6 is 0 Å². The van der Waals surface area contributed by atoms with E-state index in [9.17, 15) is 4.79 Å². The summed E-state index contributed by atoms with van der Waals surface area (Å²) in [5.74, 6) is 1.02. The van der Waals surface area contributed by atoms with E-state index in [0.29, 0.717) is 11.8 Å². The second-order valence-corrected chi connectivity index (χ2v) is 11.5. The fraction of sp³-hybridized carbons (Fsp3) is 0.452. The van der Waals surface area contributed by atoms with E-state index in [1.807, 2.05) is 0 Å². The molecule has 6 heteroatoms. The van der Waals surface area contributed by atoms with Crippen molar-refractivity contribution in [1.29, 1.82) is 0 Å². The molecule has 2 aromatic carbocycles. The molecule has 6 rings (SSSR count). The van der Waals surface area contributed by atoms with Crippen molar-refractivity contribution >= 4 is 5.69 Å². The first-order chi connectivity index (χ1) is 18.0. The van der Waals surface area contributed by atoms with E-state index in [0.717, 1.165) is 70.2 Å². The number of likely N-dealkylation sites (tertiary alicyclic amines) is 1. The maximum absolute atomic E-state index is 13.9. The topological polar surface area (TPSA) is 43.4 Å². The molecule has 2 bridgehead atoms. The zero-order valence-corrected chi connectivity index (χ0v) is 22.2. The molecule has 0 amide bonds. The van der Waals surface area contributed by atoms with Gasteiger partial charge in [-0.1, -0.05) is 36.4 Å². The number of nitrogens with one attached hydrogen (secondary N) is 2. The molecular formula is C31H40N4O2+2. The van der Waals surface area contributed by atoms with Gasteiger partial charge in [0.2, 0.25) is 0 Å². The maximum atomic E-state index is 13.9. The molecule has 1 aromatic heterocycles. The molecule has 1 unspecified atom stereocenters. The first-order valence-electron chi connectivity index (χ1n) is 13.9. The van der Waals surface area contributed by atoms with Gasteiger partial charge >= 0.3 is 0 Å². The highest BCUT2D eigenvalue weighted by atomic mass is 16.5. The van der Waals surface area contributed by atoms with E-state index in [1.165, 1.54) is 33.8 Å². The number of nitrogens with zero attached hydrogens (tertiary/aromatic N) is 2. The van der Waals surface area contributed by atoms with Crippen LogP contribution in [0.5, 0.6) is 0 Å². The van der Waals surface area contributed by atoms with Crippen LogP contribution in [0.25, 0.3) is 11.1 Å². The molecule has 4 heterocycles. The number of piperidine rings is 1. The second-order valence-electron chi connectivity index (χ2n) is 11.5. The van der Waals surface area contributed by atoms with Crippen LogP contribution in [0.3, 0.4) is 0 Å². The Morgan fingerprint density at radius 2 is 1.68 bits per heavy atom. The molecule has 3 aromatic rings. The Kier molecular flexibility index (Phi) is 6.89. The van der Waals surface area contributed by atoms with Crippen LogP contribution in [0, 0.1) is 5.92 Å². The van der Waals surface area contributed by atoms with Gasteiger partial charge in [0, 0.05) is 60.5 Å². The Balaban J connectivity index is 1.22. The molecule has 3 aliphatic rings. The monoisotopic (exact) mass is 500 g/mol. The Morgan fingerprint density at radius 1 is 0.892 bits per heavy atom. The number of hydrogen-bond donors (Lipinski definition) is 2. The minimum atomic E-state index is 0.194. The van der Waals surface area contributed by atoms with Crippen LogP contribution in [-0.4, -0.2) is 58.1 Å². The van der Waals surface area contributed by atoms with Crippen LogP contribution in [0.15, 0.2) is 65.5 Å². The third-order valence-corrected chi connectivity index (χ3v) is 8.65. The molecule has 3 atom stereocenters. The van der Waals surface area contributed by atoms with E-state index in [-0.39, 0.29) is 5.56 Å². The Hall–Kier alpha value is -2.93. The molecule has 3 aliphatic heterocycles. The number of benzene rings is 2. The first kappa shape index (κ1) is 24.4. The maximum Gasteiger partial charge on any atom is 0.258 e. The molecule has 0 saturated carbocycles. The molecule has 2 saturated heterocycles. The molecule has 194 valence electrons. The standard InChI is InChI=1S/C31H38N4O2/c1-32(2)27-9-7-23(8-10-27)18-34-19-24-17-26(22-34)30-12-11-29(31(36)35(30)20-24)28-6-4-3-5-25(28)21-33-13-15-37-16-14-33/h3-12,24,26H,13-22H2,1-2H3/p+2/t24-,26+/m0/s1. The smallest absolute Gasteiger partial charge is 0.258 e. The first-order valence-corrected chi connectivity index (χ1v) is 13.9. The highest BCUT2D eigenvalue weighted by Crippen LogP contribution is 2.32. The van der Waals surface area contributed by atoms with Crippen molar-refractivity contribution in [2.45, 2.75) is 32.0 Å². The summed E-state index contributed by atoms with van der Waals surface area (Å²) in [6.07, 6.45) is 1.21. The Bertz CT molecular complexity index is 1290. The third kappa shape index (κ3) is 5.11. The summed E-state index contributed by atoms with van der Waals surface area (Å²) in [7, 11) is 4.17. The molecule has 0 radical (unpaired) electrons. The number of morpholine rings is 1. The van der Waals surface area contributed by atoms with Crippen LogP contribution in [-0.2, 0) is 24.4 Å². The van der Waals surface area contributed by atoms with Gasteiger partial charge in [-0.2, -0.15) is 0 Å². The average molecular weight is 501 g/mol. The van der Waals surface area contributed by atoms with Gasteiger partial charge in [0.15, 0.2) is 0 Å². The van der Waals surface area contributed by atoms with Crippen LogP contribution in [0.4, 0.5) is 5.69 Å². The molecule has 6 nitrogen and oxygen atoms in total. The van der Waals surface area contributed by atoms with E-state index >= 15 is 0 Å². The number of ether oxygens (including phenoxy) is 1. The predicted molar refractivity (Wildman–Crippen MR) is 147 cm³/mol. The van der Waals surface area contributed by atoms with Crippen molar-refractivity contribution in [1.82, 2.24) is 4.57 Å². The molecule has 2 fully saturated rings. The van der Waals surface area contributed by atoms with Crippen molar-refractivity contribution in [3.63, 3.8) is 0 Å². The van der Waals surface area contributed by atoms with Gasteiger partial charge in [-0.25, -0.2) is 0 Å². The number of pyridine rings is 1. The summed E-state index contributed by atoms with van der Waals surface area (Å²) in [5.41, 5.74) is 7.30. The summed E-state index contributed by atoms with van der Waals surface area (Å²) in [4.78, 5) is 19.2. The van der Waals surface area contributed by atoms with Crippen LogP contribution in [0.1, 0.15) is 29.2 Å². The minimum absolute atomic E-state index is 0.194. The van der Waals surface area contributed by atoms with E-state index in [2.05, 4.69) is 84.2 Å². The van der Waals surface area contributed by atoms with Gasteiger partial charge < -0.3 is 24.0 Å². The second kappa shape index (κ2) is 10.4. The normalized spacial score (nSPS) is 23.5. The van der Waals surface area contributed by atoms with Gasteiger partial charge in [-0.05, 0) is 36.2 Å². The van der Waals surface area contributed by atoms with Crippen molar-refractivity contribution in [3.8, 4) is 11.1 Å². The fourth-order valence-electron chi connectivity index (χ4n) is 6.76. The average Bonchev–Trinajstić information content (AvgIpc) is 2.91. The van der Waals surface area contributed by atoms with Crippen molar-refractivity contribution < 1.29 is 14.5 Å². The predicted octanol–water partition coefficient (Wildman–Crippen LogP) is 1.20. The SMILES string of the molecule is CN(C)c1ccc(C[NH+]2C[C@@H]3C[C@H](C2)c2ccc(-c4ccccc4C[NH+]4CCOCC4)c(=O)n2C3)cc1. The number of quaternary nitrogens is 2. The highest BCUT2D eigenvalue weighted by Gasteiger charge is 2.37. The Labute approximate surface area is 220 Å². The van der Waals surface area contributed by atoms with Gasteiger partial charge in [-0.15, -0.1) is 0 Å². The number of anilines is 1. The van der Waals surface area contributed by atoms with Crippen molar-refractivity contribution in [3.05, 3.63) is 87.8 Å². The lowest BCUT2D eigenvalue weighted by Crippen LogP contribution is -3.13. The zero-order valence-electron chi connectivity index (χ0n) is 22.2. The molecular weight excluding hydrogens is 460 g/mol. The largest absolute Gasteiger partial charge is 0.378 e. The van der Waals surface area contributed by atoms with Crippen LogP contribution in [0.2, 0.25) is 0 Å². The van der Waals surface area contributed by atoms with Crippen molar-refractivity contribution in [2.24, 2.45) is 5.92 Å². The lowest BCUT2D eigenvalue weighted by atomic mass is 9.82. The van der Waals surface area contributed by atoms with Crippen LogP contribution < -0.4 is 20.3 Å². The number of aromatic nitrogens is 1. The summed E-state index contributed by atoms with van der Waals surface area (Å²) in [5, 5.41) is 0. The number of fused-ring (bicyclic) bond motifs is 4. The molecule has 2 N–H and O–H groups in total. The Morgan fingerprint density at radius 3 is 2.46 bits per heavy atom. The number of hydrogen-bond acceptors (Lipinski definition) is 3. The van der Waals surface area contributed by atoms with Gasteiger partial charge in [0.25, 0.3) is 5.56 Å². The molecule has 0 aliphatic carbocycles. The summed E-state index contributed by atoms with van der Waals surface area (Å²) >= 11 is 0. The molecule has 37 heavy (non-hydrogen) atoms. The van der Waals surface area contributed by atoms with Gasteiger partial charge in [0.1, 0.15) is 26.2 Å². The highest BCUT2D eigenvalue weighted by molar-refractivity contribution is 5.66. The summed E-state index contributed by atoms with van der Waals surface area (Å²) < 4.78 is 7.67. The van der Waals surface area contributed by atoms with E-state index in [4.69, 9.17) is 4.74 Å². The fourth-order valence-corrected chi connectivity index (χ4v) is 6.76. The summed E-state index contributed by atoms with van der Waals surface area (Å²) in [6.45, 7) is 8.78. The zero-order chi connectivity index (χ0) is 25.4. The number of rotatable bonds is 6. The lowest BCUT2D eigenvalue weighted by Gasteiger charge is -2.40. The van der Waals surface area contributed by atoms with E-state index in [1.54, 1.807) is 4.90 Å². The van der Waals surface area contributed by atoms with Crippen molar-refractivity contribution in [2.75, 3.05) is 58.4 Å². The molecule has 0 spiro atoms. The van der Waals surface area contributed by atoms with Gasteiger partial charge in [0.05, 0.1) is 26.3 Å². The quantitative estimate of drug-likeness (QED) is 0.535. The minimum Gasteiger partial charge on any atom is -0.378 e.